The number of fused-ring (bicyclic) bond motifs is 5. The number of carbonyl (C=O) groups is 2. The molecule has 4 aliphatic rings. The van der Waals surface area contributed by atoms with Crippen molar-refractivity contribution in [2.45, 2.75) is 125 Å². The first-order valence-corrected chi connectivity index (χ1v) is 16.8. The van der Waals surface area contributed by atoms with E-state index in [0.29, 0.717) is 12.0 Å². The third-order valence-electron chi connectivity index (χ3n) is 14.0. The zero-order valence-electron chi connectivity index (χ0n) is 30.1. The van der Waals surface area contributed by atoms with Crippen molar-refractivity contribution in [3.63, 3.8) is 0 Å². The van der Waals surface area contributed by atoms with Crippen LogP contribution in [0.5, 0.6) is 0 Å². The second-order valence-corrected chi connectivity index (χ2v) is 17.0. The Bertz CT molecular complexity index is 1380. The van der Waals surface area contributed by atoms with Crippen LogP contribution in [0.3, 0.4) is 0 Å². The molecule has 0 spiro atoms. The van der Waals surface area contributed by atoms with Gasteiger partial charge in [0, 0.05) is 61.8 Å². The van der Waals surface area contributed by atoms with Crippen LogP contribution in [0.2, 0.25) is 0 Å². The summed E-state index contributed by atoms with van der Waals surface area (Å²) >= 11 is 0. The number of hydrogen-bond acceptors (Lipinski definition) is 7. The number of aliphatic hydroxyl groups is 2. The predicted molar refractivity (Wildman–Crippen MR) is 173 cm³/mol. The molecule has 0 aromatic heterocycles. The molecule has 1 radical (unpaired) electrons. The average Bonchev–Trinajstić information content (AvgIpc) is 2.96. The van der Waals surface area contributed by atoms with Crippen molar-refractivity contribution >= 4 is 11.9 Å². The molecule has 0 amide bonds. The first kappa shape index (κ1) is 38.0. The number of rotatable bonds is 5. The molecule has 1 aromatic rings. The molecule has 2 saturated carbocycles. The molecule has 253 valence electrons. The van der Waals surface area contributed by atoms with E-state index in [9.17, 15) is 19.8 Å². The summed E-state index contributed by atoms with van der Waals surface area (Å²) in [6.07, 6.45) is -1.63. The summed E-state index contributed by atoms with van der Waals surface area (Å²) in [5, 5.41) is 26.1. The van der Waals surface area contributed by atoms with Crippen molar-refractivity contribution in [1.82, 2.24) is 0 Å². The van der Waals surface area contributed by atoms with E-state index in [0.717, 1.165) is 11.1 Å². The van der Waals surface area contributed by atoms with Gasteiger partial charge in [0.2, 0.25) is 0 Å². The van der Waals surface area contributed by atoms with E-state index in [1.807, 2.05) is 47.6 Å². The van der Waals surface area contributed by atoms with Crippen LogP contribution >= 0.6 is 0 Å². The number of ether oxygens (including phenoxy) is 3. The Hall–Kier alpha value is -0.778. The zero-order chi connectivity index (χ0) is 33.7. The fourth-order valence-corrected chi connectivity index (χ4v) is 9.94. The van der Waals surface area contributed by atoms with E-state index in [2.05, 4.69) is 41.5 Å². The molecule has 1 aliphatic heterocycles. The number of carbonyl (C=O) groups excluding carboxylic acids is 2. The molecule has 2 bridgehead atoms. The molecule has 1 saturated heterocycles. The van der Waals surface area contributed by atoms with Crippen molar-refractivity contribution in [1.29, 1.82) is 0 Å². The van der Waals surface area contributed by atoms with Gasteiger partial charge in [-0.2, -0.15) is 0 Å². The minimum Gasteiger partial charge on any atom is -0.458 e. The van der Waals surface area contributed by atoms with Gasteiger partial charge < -0.3 is 24.4 Å². The second-order valence-electron chi connectivity index (χ2n) is 17.0. The third-order valence-corrected chi connectivity index (χ3v) is 14.0. The Morgan fingerprint density at radius 2 is 1.52 bits per heavy atom. The van der Waals surface area contributed by atoms with Gasteiger partial charge in [0.05, 0.1) is 24.2 Å². The standard InChI is InChI=1S/C38H56O7.Ac/c1-21(2)22(3)31(39)44-26-18-38(42)30(45-32(40)25-16-14-13-15-17-25)29-36(12,33(6,7)19-27-37(29,41)20-43-27)34(8,9)24(5)28(23(26)4)35(38,10)11;/h13-17,21-22,24,26-27,29-30,41-42H,18-20H2,1-12H3;/t22-,24-,26?,27?,29?,30?,36+,37+,38?;/m1./s1. The fourth-order valence-electron chi connectivity index (χ4n) is 9.94. The summed E-state index contributed by atoms with van der Waals surface area (Å²) in [6.45, 7) is 25.4. The topological polar surface area (TPSA) is 102 Å². The maximum atomic E-state index is 14.0. The summed E-state index contributed by atoms with van der Waals surface area (Å²) in [5.74, 6) is -1.88. The summed E-state index contributed by atoms with van der Waals surface area (Å²) < 4.78 is 18.9. The second kappa shape index (κ2) is 12.2. The van der Waals surface area contributed by atoms with Crippen molar-refractivity contribution in [3.8, 4) is 0 Å². The summed E-state index contributed by atoms with van der Waals surface area (Å²) in [6, 6.07) is 8.81. The van der Waals surface area contributed by atoms with Crippen LogP contribution in [-0.2, 0) is 19.0 Å². The van der Waals surface area contributed by atoms with Gasteiger partial charge in [0.15, 0.2) is 0 Å². The number of hydrogen-bond donors (Lipinski definition) is 2. The van der Waals surface area contributed by atoms with Crippen molar-refractivity contribution < 1.29 is 78.1 Å². The smallest absolute Gasteiger partial charge is 0.338 e. The Morgan fingerprint density at radius 3 is 2.04 bits per heavy atom. The molecule has 2 N–H and O–H groups in total. The Balaban J connectivity index is 0.00000480. The first-order chi connectivity index (χ1) is 20.6. The van der Waals surface area contributed by atoms with Gasteiger partial charge in [0.1, 0.15) is 23.4 Å². The van der Waals surface area contributed by atoms with E-state index in [1.54, 1.807) is 24.3 Å². The van der Waals surface area contributed by atoms with Crippen LogP contribution in [0.25, 0.3) is 0 Å². The minimum atomic E-state index is -1.70. The molecule has 7 nitrogen and oxygen atoms in total. The Kier molecular flexibility index (Phi) is 10.1. The van der Waals surface area contributed by atoms with Gasteiger partial charge in [-0.15, -0.1) is 0 Å². The van der Waals surface area contributed by atoms with Crippen LogP contribution in [-0.4, -0.2) is 58.3 Å². The normalized spacial score (nSPS) is 39.3. The molecule has 5 rings (SSSR count). The third kappa shape index (κ3) is 5.16. The molecule has 46 heavy (non-hydrogen) atoms. The van der Waals surface area contributed by atoms with Crippen molar-refractivity contribution in [3.05, 3.63) is 47.0 Å². The van der Waals surface area contributed by atoms with Crippen LogP contribution in [0.15, 0.2) is 41.5 Å². The maximum absolute atomic E-state index is 14.0. The van der Waals surface area contributed by atoms with E-state index >= 15 is 0 Å². The molecule has 1 aromatic carbocycles. The molecular formula is C38H56AcO7. The molecule has 3 aliphatic carbocycles. The van der Waals surface area contributed by atoms with Gasteiger partial charge in [0.25, 0.3) is 0 Å². The van der Waals surface area contributed by atoms with Gasteiger partial charge >= 0.3 is 11.9 Å². The zero-order valence-corrected chi connectivity index (χ0v) is 34.8. The monoisotopic (exact) mass is 851 g/mol. The number of esters is 2. The van der Waals surface area contributed by atoms with E-state index < -0.39 is 57.6 Å². The largest absolute Gasteiger partial charge is 0.458 e. The van der Waals surface area contributed by atoms with E-state index in [1.165, 1.54) is 0 Å². The van der Waals surface area contributed by atoms with E-state index in [-0.39, 0.29) is 86.2 Å². The summed E-state index contributed by atoms with van der Waals surface area (Å²) in [4.78, 5) is 27.5. The van der Waals surface area contributed by atoms with Crippen LogP contribution < -0.4 is 0 Å². The van der Waals surface area contributed by atoms with E-state index in [4.69, 9.17) is 14.2 Å². The van der Waals surface area contributed by atoms with Crippen LogP contribution in [0.1, 0.15) is 106 Å². The summed E-state index contributed by atoms with van der Waals surface area (Å²) in [5.41, 5.74) is -3.07. The number of benzene rings is 1. The molecule has 3 fully saturated rings. The SMILES string of the molecule is CC1=C2[C@@H](C)C(C)(C)[C@@]3(C)C(C(OC(=O)c4ccccc4)C(O)(CC1OC(=O)[C@H](C)C(C)C)C2(C)C)[C@]1(O)COC1CC3(C)C.[Ac]. The Labute approximate surface area is 312 Å². The Morgan fingerprint density at radius 1 is 0.935 bits per heavy atom. The quantitative estimate of drug-likeness (QED) is 0.250. The molecular weight excluding hydrogens is 795 g/mol. The van der Waals surface area contributed by atoms with Crippen LogP contribution in [0.4, 0.5) is 0 Å². The minimum absolute atomic E-state index is 0. The van der Waals surface area contributed by atoms with Crippen molar-refractivity contribution in [2.24, 2.45) is 45.3 Å². The van der Waals surface area contributed by atoms with Gasteiger partial charge in [-0.3, -0.25) is 4.79 Å². The first-order valence-electron chi connectivity index (χ1n) is 16.8. The molecule has 8 heteroatoms. The predicted octanol–water partition coefficient (Wildman–Crippen LogP) is 6.75. The molecule has 5 unspecified atom stereocenters. The molecule has 1 heterocycles. The summed E-state index contributed by atoms with van der Waals surface area (Å²) in [7, 11) is 0. The van der Waals surface area contributed by atoms with Crippen LogP contribution in [0, 0.1) is 89.4 Å². The van der Waals surface area contributed by atoms with Gasteiger partial charge in [-0.25, -0.2) is 4.79 Å². The maximum Gasteiger partial charge on any atom is 0.338 e. The fraction of sp³-hybridized carbons (Fsp3) is 0.737. The van der Waals surface area contributed by atoms with Gasteiger partial charge in [-0.1, -0.05) is 99.9 Å². The average molecular weight is 852 g/mol. The molecule has 9 atom stereocenters. The van der Waals surface area contributed by atoms with Crippen molar-refractivity contribution in [2.75, 3.05) is 6.61 Å². The van der Waals surface area contributed by atoms with Gasteiger partial charge in [-0.05, 0) is 59.1 Å².